The molecule has 1 aromatic carbocycles. The molecule has 1 saturated heterocycles. The standard InChI is InChI=1S/C33H47NO10/c1-7-34-14-31(15-39-2)19(35)12-20(41-4)33-18-13-32(38)28(44-30(37)16-8-10-17(40-3)11-9-16)21(18)22(24(36)29(32)43-6)23(27(33)34)25(42-5)26(31)33/h8-11,18-29,35-36,38H,7,12-15H2,1-6H3/t18?,19-,20+,21+,22+,23?,24-,25+,26-,27?,28-,29+,31+,32?,33?/m1/s1. The maximum Gasteiger partial charge on any atom is 0.338 e. The van der Waals surface area contributed by atoms with Gasteiger partial charge in [0.25, 0.3) is 0 Å². The van der Waals surface area contributed by atoms with Crippen LogP contribution < -0.4 is 4.74 Å². The molecule has 44 heavy (non-hydrogen) atoms. The number of rotatable bonds is 9. The minimum absolute atomic E-state index is 0.0401. The summed E-state index contributed by atoms with van der Waals surface area (Å²) in [7, 11) is 8.15. The highest BCUT2D eigenvalue weighted by molar-refractivity contribution is 5.89. The van der Waals surface area contributed by atoms with Crippen LogP contribution in [0, 0.1) is 40.4 Å². The molecular formula is C33H47NO10. The maximum atomic E-state index is 13.7. The number of methoxy groups -OCH3 is 5. The zero-order chi connectivity index (χ0) is 31.3. The Labute approximate surface area is 258 Å². The highest BCUT2D eigenvalue weighted by atomic mass is 16.6. The normalized spacial score (nSPS) is 50.0. The summed E-state index contributed by atoms with van der Waals surface area (Å²) in [6.45, 7) is 3.84. The number of esters is 1. The van der Waals surface area contributed by atoms with E-state index in [-0.39, 0.29) is 48.3 Å². The highest BCUT2D eigenvalue weighted by Gasteiger charge is 2.87. The van der Waals surface area contributed by atoms with E-state index in [2.05, 4.69) is 11.8 Å². The number of carbonyl (C=O) groups excluding carboxylic acids is 1. The molecular weight excluding hydrogens is 570 g/mol. The molecule has 5 aliphatic carbocycles. The average molecular weight is 618 g/mol. The van der Waals surface area contributed by atoms with Gasteiger partial charge in [-0.05, 0) is 43.1 Å². The van der Waals surface area contributed by atoms with Crippen molar-refractivity contribution >= 4 is 5.97 Å². The third-order valence-corrected chi connectivity index (χ3v) is 13.1. The van der Waals surface area contributed by atoms with Crippen molar-refractivity contribution in [3.05, 3.63) is 29.8 Å². The molecule has 1 heterocycles. The van der Waals surface area contributed by atoms with Crippen molar-refractivity contribution in [1.82, 2.24) is 4.90 Å². The lowest BCUT2D eigenvalue weighted by Crippen LogP contribution is -2.77. The molecule has 6 fully saturated rings. The first-order chi connectivity index (χ1) is 21.1. The molecule has 3 N–H and O–H groups in total. The zero-order valence-corrected chi connectivity index (χ0v) is 26.4. The number of hydrogen-bond acceptors (Lipinski definition) is 11. The van der Waals surface area contributed by atoms with Crippen LogP contribution in [0.3, 0.4) is 0 Å². The van der Waals surface area contributed by atoms with Crippen molar-refractivity contribution in [3.63, 3.8) is 0 Å². The SMILES string of the molecule is CCN1C[C@]2(COC)[C@H](O)C[C@H](OC)C34C5CC6(O)[C@H](OC(=O)c7ccc(OC)cc7)[C@@H]5[C@@H](C(C13)[C@H](OC)[C@@H]42)[C@@H](O)[C@@H]6OC. The molecule has 5 unspecified atom stereocenters. The van der Waals surface area contributed by atoms with Crippen molar-refractivity contribution in [3.8, 4) is 5.75 Å². The monoisotopic (exact) mass is 617 g/mol. The van der Waals surface area contributed by atoms with E-state index in [0.717, 1.165) is 6.54 Å². The summed E-state index contributed by atoms with van der Waals surface area (Å²) in [6.07, 6.45) is -3.60. The van der Waals surface area contributed by atoms with Gasteiger partial charge in [-0.1, -0.05) is 6.92 Å². The number of carbonyl (C=O) groups is 1. The van der Waals surface area contributed by atoms with E-state index in [0.29, 0.717) is 30.9 Å². The Morgan fingerprint density at radius 3 is 2.30 bits per heavy atom. The van der Waals surface area contributed by atoms with Gasteiger partial charge in [0.05, 0.1) is 43.7 Å². The first-order valence-corrected chi connectivity index (χ1v) is 15.9. The number of nitrogens with zero attached hydrogens (tertiary/aromatic N) is 1. The number of hydrogen-bond donors (Lipinski definition) is 3. The molecule has 11 heteroatoms. The number of aliphatic hydroxyl groups is 3. The molecule has 7 bridgehead atoms. The van der Waals surface area contributed by atoms with Crippen LogP contribution in [0.15, 0.2) is 24.3 Å². The Kier molecular flexibility index (Phi) is 7.42. The number of likely N-dealkylation sites (tertiary alicyclic amines) is 1. The van der Waals surface area contributed by atoms with Gasteiger partial charge in [0.1, 0.15) is 23.6 Å². The van der Waals surface area contributed by atoms with Crippen molar-refractivity contribution in [1.29, 1.82) is 0 Å². The fourth-order valence-corrected chi connectivity index (χ4v) is 12.1. The van der Waals surface area contributed by atoms with Crippen LogP contribution in [0.4, 0.5) is 0 Å². The molecule has 5 saturated carbocycles. The van der Waals surface area contributed by atoms with E-state index in [4.69, 9.17) is 28.4 Å². The lowest BCUT2D eigenvalue weighted by atomic mass is 9.43. The van der Waals surface area contributed by atoms with Crippen LogP contribution >= 0.6 is 0 Å². The molecule has 6 aliphatic rings. The number of benzene rings is 1. The molecule has 0 amide bonds. The van der Waals surface area contributed by atoms with Gasteiger partial charge in [0.2, 0.25) is 0 Å². The molecule has 0 aromatic heterocycles. The van der Waals surface area contributed by atoms with Crippen molar-refractivity contribution in [2.24, 2.45) is 40.4 Å². The molecule has 11 nitrogen and oxygen atoms in total. The predicted molar refractivity (Wildman–Crippen MR) is 156 cm³/mol. The van der Waals surface area contributed by atoms with Crippen LogP contribution in [0.2, 0.25) is 0 Å². The molecule has 0 radical (unpaired) electrons. The summed E-state index contributed by atoms with van der Waals surface area (Å²) in [6, 6.07) is 6.66. The second-order valence-electron chi connectivity index (χ2n) is 14.1. The van der Waals surface area contributed by atoms with E-state index in [1.54, 1.807) is 52.7 Å². The fourth-order valence-electron chi connectivity index (χ4n) is 12.1. The fraction of sp³-hybridized carbons (Fsp3) is 0.788. The van der Waals surface area contributed by atoms with Crippen LogP contribution in [-0.2, 0) is 23.7 Å². The van der Waals surface area contributed by atoms with Gasteiger partial charge in [0.15, 0.2) is 0 Å². The minimum Gasteiger partial charge on any atom is -0.497 e. The van der Waals surface area contributed by atoms with E-state index < -0.39 is 52.7 Å². The molecule has 1 aromatic rings. The summed E-state index contributed by atoms with van der Waals surface area (Å²) >= 11 is 0. The molecule has 244 valence electrons. The molecule has 1 spiro atoms. The van der Waals surface area contributed by atoms with Gasteiger partial charge in [-0.2, -0.15) is 0 Å². The number of fused-ring (bicyclic) bond motifs is 2. The van der Waals surface area contributed by atoms with Gasteiger partial charge in [0, 0.05) is 81.9 Å². The Hall–Kier alpha value is -1.83. The Morgan fingerprint density at radius 2 is 1.70 bits per heavy atom. The average Bonchev–Trinajstić information content (AvgIpc) is 3.36. The summed E-state index contributed by atoms with van der Waals surface area (Å²) in [5, 5.41) is 36.6. The predicted octanol–water partition coefficient (Wildman–Crippen LogP) is 0.971. The number of aliphatic hydroxyl groups excluding tert-OH is 2. The van der Waals surface area contributed by atoms with Crippen LogP contribution in [-0.4, -0.2) is 130 Å². The zero-order valence-electron chi connectivity index (χ0n) is 26.4. The number of ether oxygens (including phenoxy) is 6. The summed E-state index contributed by atoms with van der Waals surface area (Å²) in [4.78, 5) is 16.1. The summed E-state index contributed by atoms with van der Waals surface area (Å²) < 4.78 is 36.2. The molecule has 7 rings (SSSR count). The van der Waals surface area contributed by atoms with E-state index in [1.165, 1.54) is 7.11 Å². The second kappa shape index (κ2) is 10.6. The largest absolute Gasteiger partial charge is 0.497 e. The van der Waals surface area contributed by atoms with E-state index in [9.17, 15) is 20.1 Å². The van der Waals surface area contributed by atoms with Crippen molar-refractivity contribution < 1.29 is 48.5 Å². The van der Waals surface area contributed by atoms with Crippen molar-refractivity contribution in [2.45, 2.75) is 68.0 Å². The Bertz CT molecular complexity index is 1260. The topological polar surface area (TPSA) is 136 Å². The third kappa shape index (κ3) is 3.53. The first kappa shape index (κ1) is 30.8. The highest BCUT2D eigenvalue weighted by Crippen LogP contribution is 2.79. The van der Waals surface area contributed by atoms with Crippen LogP contribution in [0.1, 0.15) is 30.1 Å². The second-order valence-corrected chi connectivity index (χ2v) is 14.1. The van der Waals surface area contributed by atoms with Crippen LogP contribution in [0.5, 0.6) is 5.75 Å². The van der Waals surface area contributed by atoms with Gasteiger partial charge >= 0.3 is 5.97 Å². The Balaban J connectivity index is 1.41. The van der Waals surface area contributed by atoms with Crippen molar-refractivity contribution in [2.75, 3.05) is 55.2 Å². The summed E-state index contributed by atoms with van der Waals surface area (Å²) in [5.41, 5.74) is -2.50. The van der Waals surface area contributed by atoms with Gasteiger partial charge < -0.3 is 43.7 Å². The maximum absolute atomic E-state index is 13.7. The smallest absolute Gasteiger partial charge is 0.338 e. The quantitative estimate of drug-likeness (QED) is 0.342. The third-order valence-electron chi connectivity index (χ3n) is 13.1. The van der Waals surface area contributed by atoms with Gasteiger partial charge in [-0.15, -0.1) is 0 Å². The molecule has 15 atom stereocenters. The lowest BCUT2D eigenvalue weighted by molar-refractivity contribution is -0.285. The van der Waals surface area contributed by atoms with Gasteiger partial charge in [-0.3, -0.25) is 4.90 Å². The van der Waals surface area contributed by atoms with Crippen LogP contribution in [0.25, 0.3) is 0 Å². The lowest BCUT2D eigenvalue weighted by Gasteiger charge is -2.69. The Morgan fingerprint density at radius 1 is 0.977 bits per heavy atom. The minimum atomic E-state index is -1.63. The van der Waals surface area contributed by atoms with E-state index in [1.807, 2.05) is 0 Å². The van der Waals surface area contributed by atoms with E-state index >= 15 is 0 Å². The summed E-state index contributed by atoms with van der Waals surface area (Å²) in [5.74, 6) is -1.27. The molecule has 1 aliphatic heterocycles. The first-order valence-electron chi connectivity index (χ1n) is 15.9. The number of piperidine rings is 1. The van der Waals surface area contributed by atoms with Gasteiger partial charge in [-0.25, -0.2) is 4.79 Å².